The Morgan fingerprint density at radius 1 is 1.00 bits per heavy atom. The summed E-state index contributed by atoms with van der Waals surface area (Å²) in [7, 11) is 0. The molecule has 34 heavy (non-hydrogen) atoms. The molecule has 1 saturated heterocycles. The molecule has 1 amide bonds. The third kappa shape index (κ3) is 4.43. The van der Waals surface area contributed by atoms with Crippen LogP contribution in [0.4, 0.5) is 5.95 Å². The van der Waals surface area contributed by atoms with Crippen molar-refractivity contribution >= 4 is 22.8 Å². The largest absolute Gasteiger partial charge is 0.378 e. The van der Waals surface area contributed by atoms with Gasteiger partial charge in [-0.2, -0.15) is 0 Å². The lowest BCUT2D eigenvalue weighted by Gasteiger charge is -2.30. The van der Waals surface area contributed by atoms with Crippen molar-refractivity contribution in [3.8, 4) is 5.69 Å². The fraction of sp³-hybridized carbons (Fsp3) is 0.222. The zero-order valence-electron chi connectivity index (χ0n) is 19.0. The number of aryl methyl sites for hydroxylation is 1. The summed E-state index contributed by atoms with van der Waals surface area (Å²) in [6.45, 7) is 4.87. The predicted octanol–water partition coefficient (Wildman–Crippen LogP) is 3.46. The van der Waals surface area contributed by atoms with E-state index in [0.717, 1.165) is 16.8 Å². The van der Waals surface area contributed by atoms with Crippen LogP contribution in [-0.4, -0.2) is 41.8 Å². The summed E-state index contributed by atoms with van der Waals surface area (Å²) in [6, 6.07) is 22.6. The quantitative estimate of drug-likeness (QED) is 0.500. The number of nitrogens with one attached hydrogen (secondary N) is 1. The summed E-state index contributed by atoms with van der Waals surface area (Å²) < 4.78 is 7.16. The Labute approximate surface area is 197 Å². The fourth-order valence-corrected chi connectivity index (χ4v) is 4.10. The molecule has 3 aromatic carbocycles. The van der Waals surface area contributed by atoms with E-state index in [1.807, 2.05) is 61.5 Å². The lowest BCUT2D eigenvalue weighted by atomic mass is 10.1. The van der Waals surface area contributed by atoms with Gasteiger partial charge in [-0.1, -0.05) is 48.0 Å². The van der Waals surface area contributed by atoms with Gasteiger partial charge < -0.3 is 15.0 Å². The summed E-state index contributed by atoms with van der Waals surface area (Å²) in [5, 5.41) is 3.41. The summed E-state index contributed by atoms with van der Waals surface area (Å²) in [4.78, 5) is 33.4. The molecule has 4 aromatic rings. The highest BCUT2D eigenvalue weighted by Crippen LogP contribution is 2.22. The number of fused-ring (bicyclic) bond motifs is 1. The number of anilines is 1. The molecule has 7 nitrogen and oxygen atoms in total. The van der Waals surface area contributed by atoms with Crippen LogP contribution in [0.15, 0.2) is 77.6 Å². The number of ether oxygens (including phenoxy) is 1. The second kappa shape index (κ2) is 9.49. The molecule has 0 atom stereocenters. The van der Waals surface area contributed by atoms with Crippen LogP contribution in [0.25, 0.3) is 16.6 Å². The number of benzene rings is 3. The highest BCUT2D eigenvalue weighted by molar-refractivity contribution is 5.97. The van der Waals surface area contributed by atoms with Gasteiger partial charge in [-0.25, -0.2) is 9.55 Å². The van der Waals surface area contributed by atoms with E-state index in [0.29, 0.717) is 55.3 Å². The van der Waals surface area contributed by atoms with Gasteiger partial charge in [0, 0.05) is 25.2 Å². The SMILES string of the molecule is Cc1ccc(-n2c(N3CCOCC3)nc3cc(C(=O)NCc4ccccc4)ccc3c2=O)cc1. The number of nitrogens with zero attached hydrogens (tertiary/aromatic N) is 3. The van der Waals surface area contributed by atoms with Crippen molar-refractivity contribution < 1.29 is 9.53 Å². The van der Waals surface area contributed by atoms with Crippen LogP contribution in [0, 0.1) is 6.92 Å². The maximum Gasteiger partial charge on any atom is 0.267 e. The minimum absolute atomic E-state index is 0.161. The molecule has 1 aromatic heterocycles. The number of aromatic nitrogens is 2. The maximum absolute atomic E-state index is 13.6. The van der Waals surface area contributed by atoms with Crippen molar-refractivity contribution in [2.24, 2.45) is 0 Å². The number of rotatable bonds is 5. The van der Waals surface area contributed by atoms with Crippen LogP contribution >= 0.6 is 0 Å². The molecule has 1 aliphatic heterocycles. The van der Waals surface area contributed by atoms with Crippen LogP contribution in [0.2, 0.25) is 0 Å². The standard InChI is InChI=1S/C27H26N4O3/c1-19-7-10-22(11-8-19)31-26(33)23-12-9-21(25(32)28-18-20-5-3-2-4-6-20)17-24(23)29-27(31)30-13-15-34-16-14-30/h2-12,17H,13-16,18H2,1H3,(H,28,32). The van der Waals surface area contributed by atoms with Gasteiger partial charge in [-0.15, -0.1) is 0 Å². The fourth-order valence-electron chi connectivity index (χ4n) is 4.10. The third-order valence-electron chi connectivity index (χ3n) is 6.00. The Hall–Kier alpha value is -3.97. The third-order valence-corrected chi connectivity index (χ3v) is 6.00. The smallest absolute Gasteiger partial charge is 0.267 e. The first kappa shape index (κ1) is 21.9. The highest BCUT2D eigenvalue weighted by atomic mass is 16.5. The summed E-state index contributed by atoms with van der Waals surface area (Å²) in [6.07, 6.45) is 0. The summed E-state index contributed by atoms with van der Waals surface area (Å²) >= 11 is 0. The van der Waals surface area contributed by atoms with Gasteiger partial charge in [-0.05, 0) is 42.8 Å². The van der Waals surface area contributed by atoms with Crippen LogP contribution in [-0.2, 0) is 11.3 Å². The van der Waals surface area contributed by atoms with E-state index < -0.39 is 0 Å². The number of amides is 1. The topological polar surface area (TPSA) is 76.5 Å². The van der Waals surface area contributed by atoms with E-state index in [9.17, 15) is 9.59 Å². The number of carbonyl (C=O) groups excluding carboxylic acids is 1. The van der Waals surface area contributed by atoms with E-state index in [2.05, 4.69) is 10.2 Å². The first-order chi connectivity index (χ1) is 16.6. The van der Waals surface area contributed by atoms with Crippen molar-refractivity contribution in [1.29, 1.82) is 0 Å². The van der Waals surface area contributed by atoms with Crippen LogP contribution < -0.4 is 15.8 Å². The number of hydrogen-bond donors (Lipinski definition) is 1. The predicted molar refractivity (Wildman–Crippen MR) is 133 cm³/mol. The van der Waals surface area contributed by atoms with Gasteiger partial charge in [-0.3, -0.25) is 9.59 Å². The van der Waals surface area contributed by atoms with Gasteiger partial charge in [0.15, 0.2) is 0 Å². The normalized spacial score (nSPS) is 13.7. The number of morpholine rings is 1. The van der Waals surface area contributed by atoms with Crippen LogP contribution in [0.5, 0.6) is 0 Å². The van der Waals surface area contributed by atoms with Crippen molar-refractivity contribution in [3.63, 3.8) is 0 Å². The van der Waals surface area contributed by atoms with E-state index in [1.54, 1.807) is 22.8 Å². The van der Waals surface area contributed by atoms with E-state index in [-0.39, 0.29) is 11.5 Å². The van der Waals surface area contributed by atoms with E-state index >= 15 is 0 Å². The molecule has 0 spiro atoms. The molecule has 0 radical (unpaired) electrons. The van der Waals surface area contributed by atoms with Crippen LogP contribution in [0.1, 0.15) is 21.5 Å². The van der Waals surface area contributed by atoms with Crippen molar-refractivity contribution in [2.45, 2.75) is 13.5 Å². The van der Waals surface area contributed by atoms with Gasteiger partial charge in [0.2, 0.25) is 5.95 Å². The lowest BCUT2D eigenvalue weighted by Crippen LogP contribution is -2.40. The van der Waals surface area contributed by atoms with Crippen molar-refractivity contribution in [2.75, 3.05) is 31.2 Å². The Morgan fingerprint density at radius 2 is 1.74 bits per heavy atom. The van der Waals surface area contributed by atoms with Gasteiger partial charge >= 0.3 is 0 Å². The molecule has 7 heteroatoms. The second-order valence-corrected chi connectivity index (χ2v) is 8.39. The van der Waals surface area contributed by atoms with Crippen LogP contribution in [0.3, 0.4) is 0 Å². The zero-order valence-corrected chi connectivity index (χ0v) is 19.0. The molecule has 5 rings (SSSR count). The average Bonchev–Trinajstić information content (AvgIpc) is 2.89. The van der Waals surface area contributed by atoms with Crippen molar-refractivity contribution in [1.82, 2.24) is 14.9 Å². The monoisotopic (exact) mass is 454 g/mol. The van der Waals surface area contributed by atoms with E-state index in [1.165, 1.54) is 0 Å². The molecule has 1 N–H and O–H groups in total. The maximum atomic E-state index is 13.6. The average molecular weight is 455 g/mol. The Morgan fingerprint density at radius 3 is 2.47 bits per heavy atom. The first-order valence-electron chi connectivity index (χ1n) is 11.4. The Balaban J connectivity index is 1.55. The highest BCUT2D eigenvalue weighted by Gasteiger charge is 2.21. The lowest BCUT2D eigenvalue weighted by molar-refractivity contribution is 0.0951. The molecule has 0 aliphatic carbocycles. The van der Waals surface area contributed by atoms with Gasteiger partial charge in [0.25, 0.3) is 11.5 Å². The molecule has 1 fully saturated rings. The summed E-state index contributed by atoms with van der Waals surface area (Å²) in [5.41, 5.74) is 3.70. The molecular weight excluding hydrogens is 428 g/mol. The first-order valence-corrected chi connectivity index (χ1v) is 11.4. The number of hydrogen-bond acceptors (Lipinski definition) is 5. The Bertz CT molecular complexity index is 1380. The molecule has 0 saturated carbocycles. The summed E-state index contributed by atoms with van der Waals surface area (Å²) in [5.74, 6) is 0.356. The zero-order chi connectivity index (χ0) is 23.5. The molecule has 0 unspecified atom stereocenters. The van der Waals surface area contributed by atoms with Gasteiger partial charge in [0.1, 0.15) is 0 Å². The second-order valence-electron chi connectivity index (χ2n) is 8.39. The molecule has 0 bridgehead atoms. The van der Waals surface area contributed by atoms with Gasteiger partial charge in [0.05, 0.1) is 29.8 Å². The number of carbonyl (C=O) groups is 1. The van der Waals surface area contributed by atoms with E-state index in [4.69, 9.17) is 9.72 Å². The molecule has 2 heterocycles. The van der Waals surface area contributed by atoms with Crippen molar-refractivity contribution in [3.05, 3.63) is 99.8 Å². The molecule has 1 aliphatic rings. The Kier molecular flexibility index (Phi) is 6.10. The minimum atomic E-state index is -0.205. The minimum Gasteiger partial charge on any atom is -0.378 e. The molecule has 172 valence electrons. The molecular formula is C27H26N4O3.